The molecule has 0 unspecified atom stereocenters. The highest BCUT2D eigenvalue weighted by Gasteiger charge is 2.14. The van der Waals surface area contributed by atoms with Gasteiger partial charge in [-0.15, -0.1) is 11.3 Å². The van der Waals surface area contributed by atoms with E-state index in [2.05, 4.69) is 149 Å². The average Bonchev–Trinajstić information content (AvgIpc) is 3.80. The molecule has 0 bridgehead atoms. The smallest absolute Gasteiger partial charge is 0.136 e. The molecule has 0 aliphatic heterocycles. The van der Waals surface area contributed by atoms with E-state index in [1.54, 1.807) is 0 Å². The molecular weight excluding hydrogens is 617 g/mol. The first-order valence-corrected chi connectivity index (χ1v) is 17.3. The molecule has 0 saturated carbocycles. The van der Waals surface area contributed by atoms with Crippen molar-refractivity contribution in [3.05, 3.63) is 188 Å². The predicted octanol–water partition coefficient (Wildman–Crippen LogP) is 11.8. The van der Waals surface area contributed by atoms with Crippen LogP contribution in [-0.4, -0.2) is 14.4 Å². The molecule has 0 fully saturated rings. The van der Waals surface area contributed by atoms with Crippen LogP contribution in [0, 0.1) is 0 Å². The minimum Gasteiger partial charge on any atom is -0.311 e. The first-order chi connectivity index (χ1) is 24.2. The number of nitrogens with zero attached hydrogens (tertiary/aromatic N) is 4. The highest BCUT2D eigenvalue weighted by Crippen LogP contribution is 2.37. The van der Waals surface area contributed by atoms with Crippen LogP contribution < -0.4 is 4.90 Å². The van der Waals surface area contributed by atoms with Crippen LogP contribution in [0.5, 0.6) is 0 Å². The van der Waals surface area contributed by atoms with E-state index in [9.17, 15) is 0 Å². The van der Waals surface area contributed by atoms with Gasteiger partial charge in [0.15, 0.2) is 0 Å². The molecule has 0 aliphatic rings. The second-order valence-electron chi connectivity index (χ2n) is 11.9. The Hall–Kier alpha value is -6.04. The van der Waals surface area contributed by atoms with E-state index < -0.39 is 0 Å². The largest absolute Gasteiger partial charge is 0.311 e. The maximum atomic E-state index is 4.79. The van der Waals surface area contributed by atoms with Crippen LogP contribution in [0.4, 0.5) is 11.4 Å². The molecule has 0 N–H and O–H groups in total. The van der Waals surface area contributed by atoms with E-state index in [0.29, 0.717) is 0 Å². The Kier molecular flexibility index (Phi) is 8.41. The predicted molar refractivity (Wildman–Crippen MR) is 206 cm³/mol. The molecule has 0 spiro atoms. The third kappa shape index (κ3) is 6.45. The standard InChI is InChI=1S/C44H34N4S/c1-2-38(12-9-11-37-31-47-29-8-6-15-44(47)46-37)48(40-26-22-35(23-27-40)43-30-36-10-3-4-14-42(36)49-43)39-24-20-33(21-25-39)32-16-18-34(19-17-32)41-13-5-7-28-45-41/h2-10,12-31H,11H2,1H3/b12-9-,38-2+. The summed E-state index contributed by atoms with van der Waals surface area (Å²) in [6.45, 7) is 2.10. The van der Waals surface area contributed by atoms with E-state index in [1.165, 1.54) is 31.7 Å². The van der Waals surface area contributed by atoms with Crippen LogP contribution in [0.2, 0.25) is 0 Å². The lowest BCUT2D eigenvalue weighted by Crippen LogP contribution is -2.15. The van der Waals surface area contributed by atoms with Gasteiger partial charge in [0.1, 0.15) is 5.65 Å². The van der Waals surface area contributed by atoms with Crippen molar-refractivity contribution in [2.24, 2.45) is 0 Å². The SMILES string of the molecule is C/C=C(\C=C/Cc1cn2ccccc2n1)N(c1ccc(-c2ccc(-c3ccccn3)cc2)cc1)c1ccc(-c2cc3ccccc3s2)cc1. The Bertz CT molecular complexity index is 2330. The Morgan fingerprint density at radius 3 is 2.08 bits per heavy atom. The lowest BCUT2D eigenvalue weighted by Gasteiger charge is -2.27. The molecule has 4 nitrogen and oxygen atoms in total. The molecule has 8 aromatic rings. The summed E-state index contributed by atoms with van der Waals surface area (Å²) in [5.41, 5.74) is 10.9. The topological polar surface area (TPSA) is 33.4 Å². The molecule has 4 aromatic heterocycles. The van der Waals surface area contributed by atoms with Gasteiger partial charge < -0.3 is 9.30 Å². The van der Waals surface area contributed by atoms with Crippen molar-refractivity contribution in [2.75, 3.05) is 4.90 Å². The third-order valence-corrected chi connectivity index (χ3v) is 9.89. The summed E-state index contributed by atoms with van der Waals surface area (Å²) in [5.74, 6) is 0. The summed E-state index contributed by atoms with van der Waals surface area (Å²) in [6.07, 6.45) is 13.3. The zero-order chi connectivity index (χ0) is 33.0. The molecule has 0 aliphatic carbocycles. The van der Waals surface area contributed by atoms with Gasteiger partial charge in [-0.05, 0) is 95.7 Å². The molecule has 0 radical (unpaired) electrons. The number of fused-ring (bicyclic) bond motifs is 2. The van der Waals surface area contributed by atoms with Crippen molar-refractivity contribution in [3.63, 3.8) is 0 Å². The van der Waals surface area contributed by atoms with Crippen LogP contribution in [0.25, 0.3) is 48.6 Å². The maximum Gasteiger partial charge on any atom is 0.136 e. The highest BCUT2D eigenvalue weighted by molar-refractivity contribution is 7.22. The van der Waals surface area contributed by atoms with Gasteiger partial charge in [0.25, 0.3) is 0 Å². The lowest BCUT2D eigenvalue weighted by atomic mass is 10.0. The molecule has 4 heterocycles. The molecule has 0 saturated heterocycles. The minimum atomic E-state index is 0.741. The number of anilines is 2. The summed E-state index contributed by atoms with van der Waals surface area (Å²) in [7, 11) is 0. The Labute approximate surface area is 290 Å². The number of imidazole rings is 1. The monoisotopic (exact) mass is 650 g/mol. The van der Waals surface area contributed by atoms with Gasteiger partial charge in [-0.25, -0.2) is 4.98 Å². The summed E-state index contributed by atoms with van der Waals surface area (Å²) in [5, 5.41) is 1.28. The zero-order valence-electron chi connectivity index (χ0n) is 27.1. The van der Waals surface area contributed by atoms with Crippen molar-refractivity contribution in [1.82, 2.24) is 14.4 Å². The van der Waals surface area contributed by atoms with Crippen LogP contribution in [0.15, 0.2) is 182 Å². The fourth-order valence-corrected chi connectivity index (χ4v) is 7.27. The summed E-state index contributed by atoms with van der Waals surface area (Å²) in [6, 6.07) is 49.3. The van der Waals surface area contributed by atoms with E-state index in [4.69, 9.17) is 4.98 Å². The van der Waals surface area contributed by atoms with Gasteiger partial charge in [0.2, 0.25) is 0 Å². The molecule has 8 rings (SSSR count). The Balaban J connectivity index is 1.10. The Morgan fingerprint density at radius 1 is 0.714 bits per heavy atom. The van der Waals surface area contributed by atoms with E-state index in [-0.39, 0.29) is 0 Å². The summed E-state index contributed by atoms with van der Waals surface area (Å²) in [4.78, 5) is 12.9. The lowest BCUT2D eigenvalue weighted by molar-refractivity contribution is 1.14. The number of hydrogen-bond acceptors (Lipinski definition) is 4. The molecule has 4 aromatic carbocycles. The van der Waals surface area contributed by atoms with Crippen molar-refractivity contribution >= 4 is 38.4 Å². The van der Waals surface area contributed by atoms with E-state index in [1.807, 2.05) is 60.1 Å². The second kappa shape index (κ2) is 13.6. The number of benzene rings is 4. The average molecular weight is 651 g/mol. The number of allylic oxidation sites excluding steroid dienone is 3. The van der Waals surface area contributed by atoms with Gasteiger partial charge in [-0.1, -0.05) is 91.0 Å². The van der Waals surface area contributed by atoms with Crippen LogP contribution in [0.3, 0.4) is 0 Å². The van der Waals surface area contributed by atoms with Crippen LogP contribution in [-0.2, 0) is 6.42 Å². The third-order valence-electron chi connectivity index (χ3n) is 8.72. The molecule has 0 amide bonds. The van der Waals surface area contributed by atoms with Crippen molar-refractivity contribution in [2.45, 2.75) is 13.3 Å². The Morgan fingerprint density at radius 2 is 1.39 bits per heavy atom. The maximum absolute atomic E-state index is 4.79. The molecular formula is C44H34N4S. The first-order valence-electron chi connectivity index (χ1n) is 16.5. The number of rotatable bonds is 9. The number of pyridine rings is 2. The zero-order valence-corrected chi connectivity index (χ0v) is 28.0. The molecule has 49 heavy (non-hydrogen) atoms. The molecule has 236 valence electrons. The second-order valence-corrected chi connectivity index (χ2v) is 13.0. The summed E-state index contributed by atoms with van der Waals surface area (Å²) >= 11 is 1.83. The molecule has 5 heteroatoms. The van der Waals surface area contributed by atoms with Gasteiger partial charge in [0, 0.05) is 57.2 Å². The van der Waals surface area contributed by atoms with Gasteiger partial charge in [0.05, 0.1) is 11.4 Å². The molecule has 0 atom stereocenters. The van der Waals surface area contributed by atoms with Gasteiger partial charge >= 0.3 is 0 Å². The quantitative estimate of drug-likeness (QED) is 0.146. The first kappa shape index (κ1) is 30.3. The van der Waals surface area contributed by atoms with E-state index in [0.717, 1.165) is 46.1 Å². The fourth-order valence-electron chi connectivity index (χ4n) is 6.20. The van der Waals surface area contributed by atoms with Crippen LogP contribution >= 0.6 is 11.3 Å². The fraction of sp³-hybridized carbons (Fsp3) is 0.0455. The van der Waals surface area contributed by atoms with Crippen molar-refractivity contribution in [1.29, 1.82) is 0 Å². The highest BCUT2D eigenvalue weighted by atomic mass is 32.1. The van der Waals surface area contributed by atoms with Gasteiger partial charge in [-0.2, -0.15) is 0 Å². The number of hydrogen-bond donors (Lipinski definition) is 0. The minimum absolute atomic E-state index is 0.741. The van der Waals surface area contributed by atoms with E-state index >= 15 is 0 Å². The number of thiophene rings is 1. The summed E-state index contributed by atoms with van der Waals surface area (Å²) < 4.78 is 3.37. The van der Waals surface area contributed by atoms with Crippen molar-refractivity contribution < 1.29 is 0 Å². The normalized spacial score (nSPS) is 11.9. The van der Waals surface area contributed by atoms with Crippen molar-refractivity contribution in [3.8, 4) is 32.8 Å². The number of aromatic nitrogens is 3. The van der Waals surface area contributed by atoms with Gasteiger partial charge in [-0.3, -0.25) is 4.98 Å². The van der Waals surface area contributed by atoms with Crippen LogP contribution in [0.1, 0.15) is 12.6 Å².